The van der Waals surface area contributed by atoms with Crippen LogP contribution in [0.3, 0.4) is 0 Å². The van der Waals surface area contributed by atoms with E-state index in [2.05, 4.69) is 23.5 Å². The molecule has 2 aromatic heterocycles. The molecule has 0 spiro atoms. The van der Waals surface area contributed by atoms with Gasteiger partial charge in [-0.25, -0.2) is 4.98 Å². The van der Waals surface area contributed by atoms with E-state index in [-0.39, 0.29) is 0 Å². The van der Waals surface area contributed by atoms with Gasteiger partial charge in [-0.15, -0.1) is 11.6 Å². The van der Waals surface area contributed by atoms with Gasteiger partial charge >= 0.3 is 0 Å². The highest BCUT2D eigenvalue weighted by Gasteiger charge is 2.34. The summed E-state index contributed by atoms with van der Waals surface area (Å²) in [5.74, 6) is 1.45. The van der Waals surface area contributed by atoms with E-state index in [1.54, 1.807) is 0 Å². The molecule has 0 saturated heterocycles. The van der Waals surface area contributed by atoms with Crippen molar-refractivity contribution in [2.45, 2.75) is 58.4 Å². The van der Waals surface area contributed by atoms with Crippen molar-refractivity contribution >= 4 is 22.8 Å². The lowest BCUT2D eigenvalue weighted by Crippen LogP contribution is -2.31. The quantitative estimate of drug-likeness (QED) is 0.789. The van der Waals surface area contributed by atoms with Crippen LogP contribution in [-0.4, -0.2) is 19.3 Å². The van der Waals surface area contributed by atoms with Gasteiger partial charge in [-0.05, 0) is 24.7 Å². The second-order valence-corrected chi connectivity index (χ2v) is 6.67. The van der Waals surface area contributed by atoms with E-state index in [0.29, 0.717) is 11.3 Å². The first-order valence-corrected chi connectivity index (χ1v) is 8.08. The van der Waals surface area contributed by atoms with Crippen molar-refractivity contribution in [1.82, 2.24) is 19.3 Å². The van der Waals surface area contributed by atoms with Crippen molar-refractivity contribution in [3.8, 4) is 0 Å². The van der Waals surface area contributed by atoms with Crippen molar-refractivity contribution in [2.75, 3.05) is 0 Å². The van der Waals surface area contributed by atoms with Crippen LogP contribution in [0.2, 0.25) is 0 Å². The molecule has 2 heterocycles. The summed E-state index contributed by atoms with van der Waals surface area (Å²) < 4.78 is 4.28. The van der Waals surface area contributed by atoms with Crippen LogP contribution in [0.1, 0.15) is 51.0 Å². The summed E-state index contributed by atoms with van der Waals surface area (Å²) in [5, 5.41) is 4.64. The van der Waals surface area contributed by atoms with E-state index in [1.165, 1.54) is 19.3 Å². The lowest BCUT2D eigenvalue weighted by molar-refractivity contribution is 0.132. The zero-order valence-corrected chi connectivity index (χ0v) is 13.4. The third-order valence-electron chi connectivity index (χ3n) is 4.58. The molecule has 1 saturated carbocycles. The third-order valence-corrected chi connectivity index (χ3v) is 4.82. The number of rotatable bonds is 5. The van der Waals surface area contributed by atoms with Gasteiger partial charge < -0.3 is 4.57 Å². The van der Waals surface area contributed by atoms with E-state index in [1.807, 2.05) is 11.7 Å². The Kier molecular flexibility index (Phi) is 3.53. The number of alkyl halides is 1. The molecule has 5 heteroatoms. The van der Waals surface area contributed by atoms with Gasteiger partial charge in [0.05, 0.1) is 11.6 Å². The first-order valence-electron chi connectivity index (χ1n) is 7.55. The maximum absolute atomic E-state index is 6.12. The fourth-order valence-corrected chi connectivity index (χ4v) is 3.48. The number of aromatic nitrogens is 4. The van der Waals surface area contributed by atoms with E-state index in [9.17, 15) is 0 Å². The molecule has 0 amide bonds. The van der Waals surface area contributed by atoms with Crippen LogP contribution in [0.15, 0.2) is 0 Å². The molecular formula is C15H23ClN4. The molecule has 0 bridgehead atoms. The molecule has 1 aliphatic carbocycles. The molecule has 20 heavy (non-hydrogen) atoms. The monoisotopic (exact) mass is 294 g/mol. The summed E-state index contributed by atoms with van der Waals surface area (Å²) in [7, 11) is 2.01. The molecule has 0 N–H and O–H groups in total. The Balaban J connectivity index is 2.08. The molecule has 0 radical (unpaired) electrons. The van der Waals surface area contributed by atoms with Crippen molar-refractivity contribution in [2.24, 2.45) is 12.5 Å². The Hall–Kier alpha value is -1.03. The molecule has 1 fully saturated rings. The molecule has 4 nitrogen and oxygen atoms in total. The van der Waals surface area contributed by atoms with Gasteiger partial charge in [-0.3, -0.25) is 4.68 Å². The highest BCUT2D eigenvalue weighted by atomic mass is 35.5. The van der Waals surface area contributed by atoms with E-state index in [0.717, 1.165) is 42.1 Å². The maximum Gasteiger partial charge on any atom is 0.158 e. The Bertz CT molecular complexity index is 621. The number of fused-ring (bicyclic) bond motifs is 1. The van der Waals surface area contributed by atoms with Gasteiger partial charge in [0.2, 0.25) is 0 Å². The molecule has 1 aliphatic rings. The van der Waals surface area contributed by atoms with Crippen molar-refractivity contribution in [3.63, 3.8) is 0 Å². The minimum absolute atomic E-state index is 0.406. The van der Waals surface area contributed by atoms with Crippen LogP contribution >= 0.6 is 11.6 Å². The van der Waals surface area contributed by atoms with Gasteiger partial charge in [0, 0.05) is 13.6 Å². The number of hydrogen-bond acceptors (Lipinski definition) is 2. The predicted molar refractivity (Wildman–Crippen MR) is 82.0 cm³/mol. The highest BCUT2D eigenvalue weighted by molar-refractivity contribution is 6.16. The summed E-state index contributed by atoms with van der Waals surface area (Å²) in [5.41, 5.74) is 3.70. The Labute approximate surface area is 125 Å². The lowest BCUT2D eigenvalue weighted by Gasteiger charge is -2.39. The topological polar surface area (TPSA) is 35.6 Å². The van der Waals surface area contributed by atoms with Crippen LogP contribution in [-0.2, 0) is 25.9 Å². The van der Waals surface area contributed by atoms with Gasteiger partial charge in [-0.1, -0.05) is 26.7 Å². The lowest BCUT2D eigenvalue weighted by atomic mass is 9.70. The van der Waals surface area contributed by atoms with Crippen LogP contribution in [0, 0.1) is 5.41 Å². The van der Waals surface area contributed by atoms with Gasteiger partial charge in [0.1, 0.15) is 11.3 Å². The number of aryl methyl sites for hydroxylation is 2. The molecule has 0 aliphatic heterocycles. The second-order valence-electron chi connectivity index (χ2n) is 6.40. The molecular weight excluding hydrogens is 272 g/mol. The summed E-state index contributed by atoms with van der Waals surface area (Å²) in [6, 6.07) is 0. The first-order chi connectivity index (χ1) is 9.58. The highest BCUT2D eigenvalue weighted by Crippen LogP contribution is 2.42. The summed E-state index contributed by atoms with van der Waals surface area (Å²) >= 11 is 6.12. The van der Waals surface area contributed by atoms with E-state index in [4.69, 9.17) is 16.6 Å². The number of halogens is 1. The first kappa shape index (κ1) is 13.9. The van der Waals surface area contributed by atoms with E-state index >= 15 is 0 Å². The normalized spacial score (nSPS) is 17.6. The van der Waals surface area contributed by atoms with Crippen LogP contribution < -0.4 is 0 Å². The fourth-order valence-electron chi connectivity index (χ4n) is 3.28. The van der Waals surface area contributed by atoms with Crippen LogP contribution in [0.5, 0.6) is 0 Å². The summed E-state index contributed by atoms with van der Waals surface area (Å²) in [6.07, 6.45) is 6.01. The molecule has 0 aromatic carbocycles. The smallest absolute Gasteiger partial charge is 0.158 e. The van der Waals surface area contributed by atoms with Gasteiger partial charge in [0.15, 0.2) is 5.65 Å². The molecule has 0 atom stereocenters. The SMILES string of the molecule is CCCc1nn(C)c2c1nc(CCl)n2CC1(C)CCC1. The zero-order chi connectivity index (χ0) is 14.3. The Morgan fingerprint density at radius 2 is 2.10 bits per heavy atom. The second kappa shape index (κ2) is 5.06. The standard InChI is InChI=1S/C15H23ClN4/c1-4-6-11-13-14(19(3)18-11)20(12(9-16)17-13)10-15(2)7-5-8-15/h4-10H2,1-3H3. The molecule has 2 aromatic rings. The van der Waals surface area contributed by atoms with Gasteiger partial charge in [-0.2, -0.15) is 5.10 Å². The molecule has 0 unspecified atom stereocenters. The summed E-state index contributed by atoms with van der Waals surface area (Å²) in [4.78, 5) is 4.76. The maximum atomic E-state index is 6.12. The summed E-state index contributed by atoms with van der Waals surface area (Å²) in [6.45, 7) is 5.55. The Morgan fingerprint density at radius 1 is 1.35 bits per heavy atom. The van der Waals surface area contributed by atoms with E-state index < -0.39 is 0 Å². The minimum atomic E-state index is 0.406. The molecule has 3 rings (SSSR count). The Morgan fingerprint density at radius 3 is 2.65 bits per heavy atom. The molecule has 110 valence electrons. The van der Waals surface area contributed by atoms with Crippen molar-refractivity contribution in [3.05, 3.63) is 11.5 Å². The predicted octanol–water partition coefficient (Wildman–Crippen LogP) is 3.65. The third kappa shape index (κ3) is 2.14. The number of hydrogen-bond donors (Lipinski definition) is 0. The largest absolute Gasteiger partial charge is 0.311 e. The number of nitrogens with zero attached hydrogens (tertiary/aromatic N) is 4. The zero-order valence-electron chi connectivity index (χ0n) is 12.6. The minimum Gasteiger partial charge on any atom is -0.311 e. The number of imidazole rings is 1. The average molecular weight is 295 g/mol. The average Bonchev–Trinajstić information content (AvgIpc) is 2.88. The van der Waals surface area contributed by atoms with Crippen molar-refractivity contribution in [1.29, 1.82) is 0 Å². The fraction of sp³-hybridized carbons (Fsp3) is 0.733. The van der Waals surface area contributed by atoms with Crippen molar-refractivity contribution < 1.29 is 0 Å². The van der Waals surface area contributed by atoms with Crippen LogP contribution in [0.4, 0.5) is 0 Å². The van der Waals surface area contributed by atoms with Crippen LogP contribution in [0.25, 0.3) is 11.2 Å². The van der Waals surface area contributed by atoms with Gasteiger partial charge in [0.25, 0.3) is 0 Å².